The SMILES string of the molecule is [2H]c1c([2H])c(N(c2c([2H])c([2H])c(-c3cccc4ccccc34)c([2H])c2[2H])c2c([2H])c([2H])c([2H])c3oc4c5c([2H])c([2H])c([2H])c([2H])c5c([2H])c([2H])c4c23)c([2H])c([2H])c1-c1c([2H])c([2H])c2c([2H])c([2H])c([2H])c([2H])c2c1[2H]. The average Bonchev–Trinajstić information content (AvgIpc) is 3.77. The van der Waals surface area contributed by atoms with Crippen LogP contribution in [0.2, 0.25) is 0 Å². The zero-order valence-corrected chi connectivity index (χ0v) is 25.4. The normalized spacial score (nSPS) is 18.3. The largest absolute Gasteiger partial charge is 0.455 e. The van der Waals surface area contributed by atoms with E-state index in [9.17, 15) is 15.1 Å². The van der Waals surface area contributed by atoms with Gasteiger partial charge in [-0.15, -0.1) is 0 Å². The first-order valence-corrected chi connectivity index (χ1v) is 15.2. The lowest BCUT2D eigenvalue weighted by Crippen LogP contribution is -2.10. The summed E-state index contributed by atoms with van der Waals surface area (Å²) in [6, 6.07) is -9.17. The molecule has 0 saturated heterocycles. The fourth-order valence-electron chi connectivity index (χ4n) is 5.90. The monoisotopic (exact) mass is 661 g/mol. The number of benzene rings is 9. The highest BCUT2D eigenvalue weighted by molar-refractivity contribution is 6.19. The Morgan fingerprint density at radius 1 is 0.440 bits per heavy atom. The molecule has 10 aromatic rings. The van der Waals surface area contributed by atoms with Gasteiger partial charge in [-0.1, -0.05) is 139 Å². The topological polar surface area (TPSA) is 16.4 Å². The lowest BCUT2D eigenvalue weighted by atomic mass is 9.98. The van der Waals surface area contributed by atoms with E-state index in [0.717, 1.165) is 0 Å². The van der Waals surface area contributed by atoms with E-state index in [-0.39, 0.29) is 11.1 Å². The zero-order valence-electron chi connectivity index (χ0n) is 49.4. The van der Waals surface area contributed by atoms with Gasteiger partial charge in [0, 0.05) is 22.1 Å². The summed E-state index contributed by atoms with van der Waals surface area (Å²) in [4.78, 5) is 0.596. The molecule has 1 heterocycles. The molecular formula is C48H31NO. The van der Waals surface area contributed by atoms with Gasteiger partial charge in [-0.2, -0.15) is 0 Å². The summed E-state index contributed by atoms with van der Waals surface area (Å²) in [5.74, 6) is 0. The van der Waals surface area contributed by atoms with Crippen LogP contribution in [0.1, 0.15) is 32.9 Å². The van der Waals surface area contributed by atoms with E-state index < -0.39 is 217 Å². The summed E-state index contributed by atoms with van der Waals surface area (Å²) in [6.45, 7) is 0. The first-order valence-electron chi connectivity index (χ1n) is 27.2. The summed E-state index contributed by atoms with van der Waals surface area (Å²) in [6.07, 6.45) is 0. The van der Waals surface area contributed by atoms with Crippen molar-refractivity contribution in [1.29, 1.82) is 0 Å². The summed E-state index contributed by atoms with van der Waals surface area (Å²) in [5, 5.41) is -1.97. The quantitative estimate of drug-likeness (QED) is 0.182. The maximum Gasteiger partial charge on any atom is 0.143 e. The smallest absolute Gasteiger partial charge is 0.143 e. The molecule has 0 fully saturated rings. The number of anilines is 3. The van der Waals surface area contributed by atoms with Crippen LogP contribution in [0.5, 0.6) is 0 Å². The molecule has 9 aromatic carbocycles. The molecule has 0 aliphatic carbocycles. The minimum Gasteiger partial charge on any atom is -0.455 e. The maximum atomic E-state index is 9.69. The molecule has 50 heavy (non-hydrogen) atoms. The predicted molar refractivity (Wildman–Crippen MR) is 212 cm³/mol. The molecule has 1 aromatic heterocycles. The number of furan rings is 1. The Hall–Kier alpha value is -6.64. The van der Waals surface area contributed by atoms with Crippen LogP contribution in [0.4, 0.5) is 17.1 Å². The van der Waals surface area contributed by atoms with Crippen molar-refractivity contribution in [3.63, 3.8) is 0 Å². The highest BCUT2D eigenvalue weighted by Crippen LogP contribution is 2.45. The molecule has 0 atom stereocenters. The van der Waals surface area contributed by atoms with Crippen molar-refractivity contribution in [3.05, 3.63) is 187 Å². The number of hydrogen-bond donors (Lipinski definition) is 0. The summed E-state index contributed by atoms with van der Waals surface area (Å²) < 4.78 is 224. The van der Waals surface area contributed by atoms with Gasteiger partial charge in [0.25, 0.3) is 0 Å². The fourth-order valence-corrected chi connectivity index (χ4v) is 5.90. The van der Waals surface area contributed by atoms with Crippen LogP contribution < -0.4 is 4.90 Å². The standard InChI is InChI=1S/C48H31NO/c1-2-12-37-31-38(20-19-32(37)9-1)33-21-26-39(27-22-33)49(40-28-23-36(24-29-40)42-16-7-13-34-10-3-5-14-41(34)42)45-17-8-18-46-47(45)44-30-25-35-11-4-6-15-43(35)48(44)50-46/h1-31H/i1D,2D,4D,6D,8D,9D,11D,12D,15D,17D,18D,19D,20D,21D,22D,23D,24D,25D,26D,27D,28D,29D,30D,31D. The minimum atomic E-state index is -1.13. The minimum absolute atomic E-state index is 0.234. The van der Waals surface area contributed by atoms with Gasteiger partial charge in [0.15, 0.2) is 0 Å². The summed E-state index contributed by atoms with van der Waals surface area (Å²) in [7, 11) is 0. The number of rotatable bonds is 5. The van der Waals surface area contributed by atoms with Gasteiger partial charge in [-0.25, -0.2) is 0 Å². The first kappa shape index (κ1) is 13.3. The highest BCUT2D eigenvalue weighted by atomic mass is 16.3. The van der Waals surface area contributed by atoms with Gasteiger partial charge in [0.2, 0.25) is 0 Å². The molecule has 0 N–H and O–H groups in total. The molecule has 0 bridgehead atoms. The second kappa shape index (κ2) is 11.5. The molecule has 2 nitrogen and oxygen atoms in total. The molecule has 0 aliphatic rings. The Bertz CT molecular complexity index is 4200. The van der Waals surface area contributed by atoms with E-state index in [4.69, 9.17) is 22.2 Å². The lowest BCUT2D eigenvalue weighted by Gasteiger charge is -2.26. The van der Waals surface area contributed by atoms with Gasteiger partial charge in [0.1, 0.15) is 11.2 Å². The van der Waals surface area contributed by atoms with Gasteiger partial charge in [-0.05, 0) is 97.5 Å². The first-order chi connectivity index (χ1) is 34.8. The van der Waals surface area contributed by atoms with E-state index >= 15 is 0 Å². The third-order valence-corrected chi connectivity index (χ3v) is 8.18. The second-order valence-electron chi connectivity index (χ2n) is 11.0. The summed E-state index contributed by atoms with van der Waals surface area (Å²) in [5.41, 5.74) is -5.48. The second-order valence-corrected chi connectivity index (χ2v) is 11.0. The Balaban J connectivity index is 1.41. The molecular weight excluding hydrogens is 607 g/mol. The van der Waals surface area contributed by atoms with E-state index in [0.29, 0.717) is 15.7 Å². The fraction of sp³-hybridized carbons (Fsp3) is 0. The van der Waals surface area contributed by atoms with Gasteiger partial charge in [0.05, 0.1) is 44.0 Å². The van der Waals surface area contributed by atoms with Crippen molar-refractivity contribution in [2.45, 2.75) is 0 Å². The lowest BCUT2D eigenvalue weighted by molar-refractivity contribution is 0.672. The molecule has 0 spiro atoms. The number of fused-ring (bicyclic) bond motifs is 7. The number of nitrogens with zero attached hydrogens (tertiary/aromatic N) is 1. The van der Waals surface area contributed by atoms with Gasteiger partial charge >= 0.3 is 0 Å². The van der Waals surface area contributed by atoms with Gasteiger partial charge in [-0.3, -0.25) is 0 Å². The van der Waals surface area contributed by atoms with Crippen LogP contribution in [0.25, 0.3) is 76.5 Å². The van der Waals surface area contributed by atoms with Crippen molar-refractivity contribution in [3.8, 4) is 22.3 Å². The molecule has 0 unspecified atom stereocenters. The molecule has 0 aliphatic heterocycles. The maximum absolute atomic E-state index is 9.69. The van der Waals surface area contributed by atoms with Crippen LogP contribution in [0, 0.1) is 0 Å². The van der Waals surface area contributed by atoms with Crippen molar-refractivity contribution in [2.75, 3.05) is 4.90 Å². The Morgan fingerprint density at radius 2 is 1.12 bits per heavy atom. The molecule has 0 saturated carbocycles. The van der Waals surface area contributed by atoms with Crippen molar-refractivity contribution >= 4 is 71.3 Å². The Labute approximate surface area is 323 Å². The Morgan fingerprint density at radius 3 is 1.96 bits per heavy atom. The molecule has 234 valence electrons. The third kappa shape index (κ3) is 4.65. The van der Waals surface area contributed by atoms with E-state index in [1.807, 2.05) is 0 Å². The average molecular weight is 662 g/mol. The summed E-state index contributed by atoms with van der Waals surface area (Å²) >= 11 is 0. The molecule has 0 amide bonds. The van der Waals surface area contributed by atoms with Crippen LogP contribution in [0.3, 0.4) is 0 Å². The van der Waals surface area contributed by atoms with E-state index in [2.05, 4.69) is 0 Å². The highest BCUT2D eigenvalue weighted by Gasteiger charge is 2.20. The molecule has 10 rings (SSSR count). The van der Waals surface area contributed by atoms with Gasteiger partial charge < -0.3 is 9.32 Å². The zero-order chi connectivity index (χ0) is 53.9. The van der Waals surface area contributed by atoms with E-state index in [1.165, 1.54) is 0 Å². The van der Waals surface area contributed by atoms with Crippen LogP contribution in [-0.4, -0.2) is 0 Å². The predicted octanol–water partition coefficient (Wildman–Crippen LogP) is 13.8. The number of hydrogen-bond acceptors (Lipinski definition) is 2. The Kier molecular flexibility index (Phi) is 3.07. The van der Waals surface area contributed by atoms with Crippen molar-refractivity contribution in [1.82, 2.24) is 0 Å². The van der Waals surface area contributed by atoms with Crippen molar-refractivity contribution in [2.24, 2.45) is 0 Å². The van der Waals surface area contributed by atoms with Crippen LogP contribution in [-0.2, 0) is 0 Å². The van der Waals surface area contributed by atoms with Crippen molar-refractivity contribution < 1.29 is 37.3 Å². The third-order valence-electron chi connectivity index (χ3n) is 8.18. The van der Waals surface area contributed by atoms with E-state index in [1.54, 1.807) is 42.5 Å². The molecule has 2 heteroatoms. The molecule has 0 radical (unpaired) electrons. The van der Waals surface area contributed by atoms with Crippen LogP contribution >= 0.6 is 0 Å². The van der Waals surface area contributed by atoms with Crippen LogP contribution in [0.15, 0.2) is 192 Å².